The Balaban J connectivity index is 1.98. The van der Waals surface area contributed by atoms with Gasteiger partial charge < -0.3 is 15.0 Å². The summed E-state index contributed by atoms with van der Waals surface area (Å²) in [6.07, 6.45) is 2.91. The Kier molecular flexibility index (Phi) is 4.11. The minimum Gasteiger partial charge on any atom is -0.377 e. The van der Waals surface area contributed by atoms with Gasteiger partial charge in [0.2, 0.25) is 0 Å². The Morgan fingerprint density at radius 2 is 2.24 bits per heavy atom. The lowest BCUT2D eigenvalue weighted by Gasteiger charge is -2.39. The molecule has 100 valence electrons. The fraction of sp³-hybridized carbons (Fsp3) is 1.00. The maximum absolute atomic E-state index is 5.69. The topological polar surface area (TPSA) is 24.5 Å². The smallest absolute Gasteiger partial charge is 0.0702 e. The first-order chi connectivity index (χ1) is 8.05. The zero-order valence-corrected chi connectivity index (χ0v) is 11.8. The second kappa shape index (κ2) is 5.25. The van der Waals surface area contributed by atoms with Crippen LogP contribution >= 0.6 is 0 Å². The van der Waals surface area contributed by atoms with Crippen molar-refractivity contribution in [1.29, 1.82) is 0 Å². The summed E-state index contributed by atoms with van der Waals surface area (Å²) in [5.41, 5.74) is 0.469. The van der Waals surface area contributed by atoms with E-state index in [4.69, 9.17) is 4.74 Å². The molecule has 3 nitrogen and oxygen atoms in total. The van der Waals surface area contributed by atoms with Crippen LogP contribution in [0.15, 0.2) is 0 Å². The molecule has 0 aromatic rings. The van der Waals surface area contributed by atoms with Gasteiger partial charge in [0.05, 0.1) is 6.10 Å². The normalized spacial score (nSPS) is 38.5. The molecule has 0 saturated carbocycles. The van der Waals surface area contributed by atoms with Crippen LogP contribution < -0.4 is 5.32 Å². The molecule has 3 unspecified atom stereocenters. The molecule has 0 bridgehead atoms. The zero-order valence-electron chi connectivity index (χ0n) is 11.8. The second-order valence-corrected chi connectivity index (χ2v) is 6.29. The predicted octanol–water partition coefficient (Wildman–Crippen LogP) is 1.73. The molecule has 0 amide bonds. The third kappa shape index (κ3) is 2.67. The van der Waals surface area contributed by atoms with Crippen molar-refractivity contribution in [3.8, 4) is 0 Å². The molecule has 17 heavy (non-hydrogen) atoms. The van der Waals surface area contributed by atoms with Gasteiger partial charge >= 0.3 is 0 Å². The van der Waals surface area contributed by atoms with Crippen molar-refractivity contribution >= 4 is 0 Å². The predicted molar refractivity (Wildman–Crippen MR) is 71.2 cm³/mol. The van der Waals surface area contributed by atoms with Crippen LogP contribution in [0.5, 0.6) is 0 Å². The molecule has 2 rings (SSSR count). The average molecular weight is 240 g/mol. The number of rotatable bonds is 4. The summed E-state index contributed by atoms with van der Waals surface area (Å²) in [6.45, 7) is 11.5. The van der Waals surface area contributed by atoms with Gasteiger partial charge in [-0.15, -0.1) is 0 Å². The van der Waals surface area contributed by atoms with Crippen molar-refractivity contribution < 1.29 is 4.74 Å². The Morgan fingerprint density at radius 3 is 2.71 bits per heavy atom. The number of nitrogens with one attached hydrogen (secondary N) is 1. The summed E-state index contributed by atoms with van der Waals surface area (Å²) in [7, 11) is 2.28. The van der Waals surface area contributed by atoms with Crippen molar-refractivity contribution in [1.82, 2.24) is 10.2 Å². The van der Waals surface area contributed by atoms with Crippen LogP contribution in [0.25, 0.3) is 0 Å². The van der Waals surface area contributed by atoms with Crippen molar-refractivity contribution in [2.45, 2.75) is 45.8 Å². The van der Waals surface area contributed by atoms with E-state index < -0.39 is 0 Å². The minimum absolute atomic E-state index is 0.401. The van der Waals surface area contributed by atoms with Crippen LogP contribution in [-0.2, 0) is 4.74 Å². The lowest BCUT2D eigenvalue weighted by Crippen LogP contribution is -2.47. The van der Waals surface area contributed by atoms with E-state index >= 15 is 0 Å². The third-order valence-electron chi connectivity index (χ3n) is 4.97. The third-order valence-corrected chi connectivity index (χ3v) is 4.97. The maximum atomic E-state index is 5.69. The van der Waals surface area contributed by atoms with Crippen molar-refractivity contribution in [2.75, 3.05) is 33.3 Å². The van der Waals surface area contributed by atoms with Gasteiger partial charge in [-0.25, -0.2) is 0 Å². The van der Waals surface area contributed by atoms with Crippen LogP contribution in [0.1, 0.15) is 33.6 Å². The molecule has 0 radical (unpaired) electrons. The number of hydrogen-bond acceptors (Lipinski definition) is 3. The van der Waals surface area contributed by atoms with Crippen molar-refractivity contribution in [3.63, 3.8) is 0 Å². The van der Waals surface area contributed by atoms with Crippen LogP contribution in [0.2, 0.25) is 0 Å². The van der Waals surface area contributed by atoms with Gasteiger partial charge in [-0.2, -0.15) is 0 Å². The largest absolute Gasteiger partial charge is 0.377 e. The fourth-order valence-electron chi connectivity index (χ4n) is 3.49. The van der Waals surface area contributed by atoms with Gasteiger partial charge in [0, 0.05) is 25.7 Å². The van der Waals surface area contributed by atoms with Gasteiger partial charge in [-0.05, 0) is 44.7 Å². The first-order valence-electron chi connectivity index (χ1n) is 7.08. The number of nitrogens with zero attached hydrogens (tertiary/aromatic N) is 1. The van der Waals surface area contributed by atoms with Crippen molar-refractivity contribution in [2.24, 2.45) is 11.3 Å². The minimum atomic E-state index is 0.401. The lowest BCUT2D eigenvalue weighted by atomic mass is 9.75. The monoisotopic (exact) mass is 240 g/mol. The van der Waals surface area contributed by atoms with E-state index in [9.17, 15) is 0 Å². The van der Waals surface area contributed by atoms with Crippen LogP contribution in [-0.4, -0.2) is 50.3 Å². The number of likely N-dealkylation sites (N-methyl/N-ethyl adjacent to an activating group) is 1. The van der Waals surface area contributed by atoms with Crippen LogP contribution in [0.4, 0.5) is 0 Å². The molecule has 2 fully saturated rings. The van der Waals surface area contributed by atoms with Gasteiger partial charge in [-0.3, -0.25) is 0 Å². The van der Waals surface area contributed by atoms with E-state index in [0.29, 0.717) is 17.6 Å². The van der Waals surface area contributed by atoms with Gasteiger partial charge in [0.25, 0.3) is 0 Å². The first-order valence-corrected chi connectivity index (χ1v) is 7.08. The van der Waals surface area contributed by atoms with E-state index in [1.54, 1.807) is 0 Å². The first kappa shape index (κ1) is 13.3. The lowest BCUT2D eigenvalue weighted by molar-refractivity contribution is 0.0547. The highest BCUT2D eigenvalue weighted by molar-refractivity contribution is 4.94. The molecule has 3 heteroatoms. The van der Waals surface area contributed by atoms with E-state index in [2.05, 4.69) is 38.0 Å². The average Bonchev–Trinajstić information content (AvgIpc) is 2.87. The van der Waals surface area contributed by atoms with Crippen LogP contribution in [0, 0.1) is 11.3 Å². The van der Waals surface area contributed by atoms with Gasteiger partial charge in [-0.1, -0.05) is 13.8 Å². The summed E-state index contributed by atoms with van der Waals surface area (Å²) in [6, 6.07) is 0.617. The Bertz CT molecular complexity index is 249. The SMILES string of the molecule is CC1OCCC1N(C)CC1(C(C)C)CCNC1. The molecule has 0 spiro atoms. The molecular formula is C14H28N2O. The number of hydrogen-bond donors (Lipinski definition) is 1. The maximum Gasteiger partial charge on any atom is 0.0702 e. The van der Waals surface area contributed by atoms with E-state index in [1.165, 1.54) is 32.5 Å². The zero-order chi connectivity index (χ0) is 12.5. The summed E-state index contributed by atoms with van der Waals surface area (Å²) in [5.74, 6) is 0.748. The summed E-state index contributed by atoms with van der Waals surface area (Å²) >= 11 is 0. The fourth-order valence-corrected chi connectivity index (χ4v) is 3.49. The molecule has 0 aromatic carbocycles. The Hall–Kier alpha value is -0.120. The highest BCUT2D eigenvalue weighted by Crippen LogP contribution is 2.36. The summed E-state index contributed by atoms with van der Waals surface area (Å²) < 4.78 is 5.69. The molecule has 1 N–H and O–H groups in total. The highest BCUT2D eigenvalue weighted by atomic mass is 16.5. The molecule has 2 saturated heterocycles. The van der Waals surface area contributed by atoms with Crippen molar-refractivity contribution in [3.05, 3.63) is 0 Å². The standard InChI is InChI=1S/C14H28N2O/c1-11(2)14(6-7-15-9-14)10-16(4)13-5-8-17-12(13)3/h11-13,15H,5-10H2,1-4H3. The second-order valence-electron chi connectivity index (χ2n) is 6.29. The van der Waals surface area contributed by atoms with E-state index in [-0.39, 0.29) is 0 Å². The molecule has 3 atom stereocenters. The molecule has 0 aliphatic carbocycles. The molecule has 2 heterocycles. The molecule has 2 aliphatic heterocycles. The summed E-state index contributed by atoms with van der Waals surface area (Å²) in [5, 5.41) is 3.54. The Labute approximate surface area is 106 Å². The Morgan fingerprint density at radius 1 is 1.47 bits per heavy atom. The molecule has 2 aliphatic rings. The van der Waals surface area contributed by atoms with E-state index in [0.717, 1.165) is 12.5 Å². The number of ether oxygens (including phenoxy) is 1. The van der Waals surface area contributed by atoms with Gasteiger partial charge in [0.15, 0.2) is 0 Å². The van der Waals surface area contributed by atoms with Gasteiger partial charge in [0.1, 0.15) is 0 Å². The quantitative estimate of drug-likeness (QED) is 0.810. The highest BCUT2D eigenvalue weighted by Gasteiger charge is 2.40. The van der Waals surface area contributed by atoms with Crippen LogP contribution in [0.3, 0.4) is 0 Å². The summed E-state index contributed by atoms with van der Waals surface area (Å²) in [4.78, 5) is 2.55. The molecular weight excluding hydrogens is 212 g/mol. The molecule has 0 aromatic heterocycles. The van der Waals surface area contributed by atoms with E-state index in [1.807, 2.05) is 0 Å².